The van der Waals surface area contributed by atoms with Gasteiger partial charge in [0.15, 0.2) is 0 Å². The molecule has 4 heteroatoms. The topological polar surface area (TPSA) is 55.8 Å². The van der Waals surface area contributed by atoms with Crippen LogP contribution in [0.5, 0.6) is 0 Å². The van der Waals surface area contributed by atoms with Crippen molar-refractivity contribution in [3.05, 3.63) is 0 Å². The molecule has 0 spiro atoms. The Kier molecular flexibility index (Phi) is 7.28. The number of esters is 1. The zero-order valence-electron chi connectivity index (χ0n) is 11.6. The number of aliphatic hydroxyl groups is 1. The van der Waals surface area contributed by atoms with Crippen molar-refractivity contribution in [1.29, 1.82) is 0 Å². The smallest absolute Gasteiger partial charge is 0.308 e. The van der Waals surface area contributed by atoms with Gasteiger partial charge in [0.1, 0.15) is 0 Å². The molecule has 4 nitrogen and oxygen atoms in total. The molecule has 0 saturated carbocycles. The van der Waals surface area contributed by atoms with Crippen LogP contribution in [0.3, 0.4) is 0 Å². The van der Waals surface area contributed by atoms with Crippen LogP contribution in [0.4, 0.5) is 0 Å². The third kappa shape index (κ3) is 5.36. The van der Waals surface area contributed by atoms with Crippen LogP contribution >= 0.6 is 0 Å². The number of hydrogen-bond donors (Lipinski definition) is 1. The van der Waals surface area contributed by atoms with Crippen LogP contribution in [0, 0.1) is 0 Å². The van der Waals surface area contributed by atoms with Gasteiger partial charge in [-0.2, -0.15) is 0 Å². The maximum Gasteiger partial charge on any atom is 0.308 e. The molecule has 0 amide bonds. The standard InChI is InChI=1S/C14H26O4/c1-3-5-6-7-8-11-9-12(15)13(18-11)10-14(16)17-4-2/h11-13,15H,3-10H2,1-2H3/t11-,12-,13+/m1/s1. The number of ether oxygens (including phenoxy) is 2. The van der Waals surface area contributed by atoms with Crippen LogP contribution in [0.25, 0.3) is 0 Å². The highest BCUT2D eigenvalue weighted by atomic mass is 16.5. The van der Waals surface area contributed by atoms with E-state index in [1.165, 1.54) is 19.3 Å². The van der Waals surface area contributed by atoms with Gasteiger partial charge in [-0.1, -0.05) is 32.6 Å². The van der Waals surface area contributed by atoms with Crippen molar-refractivity contribution in [2.24, 2.45) is 0 Å². The molecule has 18 heavy (non-hydrogen) atoms. The molecule has 106 valence electrons. The lowest BCUT2D eigenvalue weighted by Crippen LogP contribution is -2.25. The SMILES string of the molecule is CCCCCC[C@@H]1C[C@@H](O)[C@H](CC(=O)OCC)O1. The highest BCUT2D eigenvalue weighted by Crippen LogP contribution is 2.26. The van der Waals surface area contributed by atoms with Crippen molar-refractivity contribution >= 4 is 5.97 Å². The maximum absolute atomic E-state index is 11.3. The molecule has 1 rings (SSSR count). The molecule has 0 radical (unpaired) electrons. The molecule has 1 fully saturated rings. The fraction of sp³-hybridized carbons (Fsp3) is 0.929. The van der Waals surface area contributed by atoms with E-state index in [0.717, 1.165) is 12.8 Å². The van der Waals surface area contributed by atoms with Gasteiger partial charge in [-0.25, -0.2) is 0 Å². The Morgan fingerprint density at radius 1 is 1.33 bits per heavy atom. The van der Waals surface area contributed by atoms with Crippen molar-refractivity contribution in [2.45, 2.75) is 77.1 Å². The molecule has 1 aliphatic rings. The molecular formula is C14H26O4. The number of aliphatic hydroxyl groups excluding tert-OH is 1. The minimum absolute atomic E-state index is 0.108. The van der Waals surface area contributed by atoms with Gasteiger partial charge in [-0.15, -0.1) is 0 Å². The van der Waals surface area contributed by atoms with Gasteiger partial charge in [-0.3, -0.25) is 4.79 Å². The van der Waals surface area contributed by atoms with E-state index in [-0.39, 0.29) is 24.6 Å². The number of hydrogen-bond acceptors (Lipinski definition) is 4. The lowest BCUT2D eigenvalue weighted by atomic mass is 10.0. The van der Waals surface area contributed by atoms with E-state index in [2.05, 4.69) is 6.92 Å². The quantitative estimate of drug-likeness (QED) is 0.536. The highest BCUT2D eigenvalue weighted by molar-refractivity contribution is 5.70. The van der Waals surface area contributed by atoms with Gasteiger partial charge in [0.05, 0.1) is 31.3 Å². The van der Waals surface area contributed by atoms with Crippen LogP contribution in [0.15, 0.2) is 0 Å². The normalized spacial score (nSPS) is 27.4. The Bertz CT molecular complexity index is 242. The second-order valence-corrected chi connectivity index (χ2v) is 4.96. The summed E-state index contributed by atoms with van der Waals surface area (Å²) in [6.45, 7) is 4.34. The van der Waals surface area contributed by atoms with Crippen LogP contribution in [-0.4, -0.2) is 36.0 Å². The fourth-order valence-corrected chi connectivity index (χ4v) is 2.37. The molecule has 1 aliphatic heterocycles. The summed E-state index contributed by atoms with van der Waals surface area (Å²) >= 11 is 0. The van der Waals surface area contributed by atoms with Gasteiger partial charge in [0.2, 0.25) is 0 Å². The lowest BCUT2D eigenvalue weighted by molar-refractivity contribution is -0.147. The molecule has 1 saturated heterocycles. The Morgan fingerprint density at radius 3 is 2.78 bits per heavy atom. The van der Waals surface area contributed by atoms with E-state index < -0.39 is 6.10 Å². The van der Waals surface area contributed by atoms with Gasteiger partial charge < -0.3 is 14.6 Å². The van der Waals surface area contributed by atoms with E-state index in [4.69, 9.17) is 9.47 Å². The van der Waals surface area contributed by atoms with Gasteiger partial charge in [-0.05, 0) is 13.3 Å². The third-order valence-electron chi connectivity index (χ3n) is 3.35. The number of carbonyl (C=O) groups is 1. The number of carbonyl (C=O) groups excluding carboxylic acids is 1. The molecule has 3 atom stereocenters. The predicted octanol–water partition coefficient (Wildman–Crippen LogP) is 2.43. The monoisotopic (exact) mass is 258 g/mol. The van der Waals surface area contributed by atoms with Crippen molar-refractivity contribution in [2.75, 3.05) is 6.61 Å². The summed E-state index contributed by atoms with van der Waals surface area (Å²) in [4.78, 5) is 11.3. The summed E-state index contributed by atoms with van der Waals surface area (Å²) in [5, 5.41) is 9.85. The first-order chi connectivity index (χ1) is 8.67. The molecule has 1 heterocycles. The Labute approximate surface area is 110 Å². The second kappa shape index (κ2) is 8.48. The maximum atomic E-state index is 11.3. The third-order valence-corrected chi connectivity index (χ3v) is 3.35. The van der Waals surface area contributed by atoms with E-state index in [1.807, 2.05) is 0 Å². The largest absolute Gasteiger partial charge is 0.466 e. The molecule has 0 aromatic rings. The molecule has 1 N–H and O–H groups in total. The lowest BCUT2D eigenvalue weighted by Gasteiger charge is -2.14. The van der Waals surface area contributed by atoms with Crippen molar-refractivity contribution in [3.8, 4) is 0 Å². The summed E-state index contributed by atoms with van der Waals surface area (Å²) in [6.07, 6.45) is 5.84. The molecule has 0 aromatic heterocycles. The summed E-state index contributed by atoms with van der Waals surface area (Å²) in [7, 11) is 0. The van der Waals surface area contributed by atoms with Gasteiger partial charge >= 0.3 is 5.97 Å². The first-order valence-electron chi connectivity index (χ1n) is 7.16. The summed E-state index contributed by atoms with van der Waals surface area (Å²) < 4.78 is 10.6. The van der Waals surface area contributed by atoms with E-state index in [1.54, 1.807) is 6.92 Å². The van der Waals surface area contributed by atoms with Gasteiger partial charge in [0.25, 0.3) is 0 Å². The average Bonchev–Trinajstić information content (AvgIpc) is 2.66. The fourth-order valence-electron chi connectivity index (χ4n) is 2.37. The first-order valence-corrected chi connectivity index (χ1v) is 7.16. The Hall–Kier alpha value is -0.610. The van der Waals surface area contributed by atoms with Crippen molar-refractivity contribution < 1.29 is 19.4 Å². The molecule has 0 aliphatic carbocycles. The Balaban J connectivity index is 2.21. The van der Waals surface area contributed by atoms with Crippen LogP contribution in [0.1, 0.15) is 58.8 Å². The zero-order valence-corrected chi connectivity index (χ0v) is 11.6. The highest BCUT2D eigenvalue weighted by Gasteiger charge is 2.35. The average molecular weight is 258 g/mol. The van der Waals surface area contributed by atoms with E-state index in [9.17, 15) is 9.90 Å². The number of rotatable bonds is 8. The summed E-state index contributed by atoms with van der Waals surface area (Å²) in [5.74, 6) is -0.284. The van der Waals surface area contributed by atoms with Crippen LogP contribution in [0.2, 0.25) is 0 Å². The summed E-state index contributed by atoms with van der Waals surface area (Å²) in [5.41, 5.74) is 0. The van der Waals surface area contributed by atoms with Crippen LogP contribution in [-0.2, 0) is 14.3 Å². The minimum atomic E-state index is -0.523. The summed E-state index contributed by atoms with van der Waals surface area (Å²) in [6, 6.07) is 0. The predicted molar refractivity (Wildman–Crippen MR) is 69.3 cm³/mol. The van der Waals surface area contributed by atoms with Crippen molar-refractivity contribution in [3.63, 3.8) is 0 Å². The molecule has 0 aromatic carbocycles. The first kappa shape index (κ1) is 15.4. The van der Waals surface area contributed by atoms with Gasteiger partial charge in [0, 0.05) is 6.42 Å². The zero-order chi connectivity index (χ0) is 13.4. The Morgan fingerprint density at radius 2 is 2.11 bits per heavy atom. The molecule has 0 unspecified atom stereocenters. The van der Waals surface area contributed by atoms with Crippen molar-refractivity contribution in [1.82, 2.24) is 0 Å². The second-order valence-electron chi connectivity index (χ2n) is 4.96. The number of unbranched alkanes of at least 4 members (excludes halogenated alkanes) is 3. The molecular weight excluding hydrogens is 232 g/mol. The molecule has 0 bridgehead atoms. The van der Waals surface area contributed by atoms with E-state index in [0.29, 0.717) is 13.0 Å². The minimum Gasteiger partial charge on any atom is -0.466 e. The van der Waals surface area contributed by atoms with Crippen LogP contribution < -0.4 is 0 Å². The van der Waals surface area contributed by atoms with E-state index >= 15 is 0 Å².